The highest BCUT2D eigenvalue weighted by molar-refractivity contribution is 5.68. The molecular weight excluding hydrogens is 266 g/mol. The highest BCUT2D eigenvalue weighted by Crippen LogP contribution is 2.32. The number of unbranched alkanes of at least 4 members (excludes halogenated alkanes) is 2. The highest BCUT2D eigenvalue weighted by atomic mass is 16.5. The normalized spacial score (nSPS) is 10.6. The Hall–Kier alpha value is -2.01. The zero-order chi connectivity index (χ0) is 15.1. The van der Waals surface area contributed by atoms with Crippen molar-refractivity contribution in [3.05, 3.63) is 30.2 Å². The van der Waals surface area contributed by atoms with Gasteiger partial charge in [-0.05, 0) is 31.5 Å². The van der Waals surface area contributed by atoms with Crippen molar-refractivity contribution in [2.45, 2.75) is 25.7 Å². The Morgan fingerprint density at radius 1 is 1.14 bits per heavy atom. The first-order chi connectivity index (χ1) is 10.3. The van der Waals surface area contributed by atoms with Crippen LogP contribution >= 0.6 is 0 Å². The van der Waals surface area contributed by atoms with E-state index in [9.17, 15) is 0 Å². The Kier molecular flexibility index (Phi) is 5.63. The molecule has 5 nitrogen and oxygen atoms in total. The van der Waals surface area contributed by atoms with Crippen molar-refractivity contribution >= 4 is 0 Å². The summed E-state index contributed by atoms with van der Waals surface area (Å²) in [7, 11) is 3.30. The first kappa shape index (κ1) is 15.4. The Labute approximate surface area is 125 Å². The van der Waals surface area contributed by atoms with Gasteiger partial charge < -0.3 is 20.2 Å². The van der Waals surface area contributed by atoms with Crippen LogP contribution in [0.15, 0.2) is 24.4 Å². The lowest BCUT2D eigenvalue weighted by Gasteiger charge is -2.08. The predicted molar refractivity (Wildman–Crippen MR) is 83.7 cm³/mol. The number of aromatic nitrogens is 2. The summed E-state index contributed by atoms with van der Waals surface area (Å²) in [6.07, 6.45) is 6.10. The van der Waals surface area contributed by atoms with Crippen molar-refractivity contribution in [2.24, 2.45) is 5.73 Å². The minimum atomic E-state index is 0.756. The molecule has 0 bridgehead atoms. The molecule has 0 amide bonds. The third-order valence-electron chi connectivity index (χ3n) is 3.45. The second-order valence-electron chi connectivity index (χ2n) is 4.91. The number of nitrogens with one attached hydrogen (secondary N) is 1. The van der Waals surface area contributed by atoms with Crippen LogP contribution < -0.4 is 15.2 Å². The number of aryl methyl sites for hydroxylation is 1. The summed E-state index contributed by atoms with van der Waals surface area (Å²) in [5, 5.41) is 0. The van der Waals surface area contributed by atoms with Crippen LogP contribution in [0.2, 0.25) is 0 Å². The predicted octanol–water partition coefficient (Wildman–Crippen LogP) is 2.77. The van der Waals surface area contributed by atoms with E-state index in [0.717, 1.165) is 60.8 Å². The second kappa shape index (κ2) is 7.69. The van der Waals surface area contributed by atoms with E-state index in [-0.39, 0.29) is 0 Å². The Bertz CT molecular complexity index is 566. The molecule has 1 aromatic carbocycles. The van der Waals surface area contributed by atoms with Gasteiger partial charge in [0.05, 0.1) is 26.1 Å². The number of imidazole rings is 1. The van der Waals surface area contributed by atoms with Crippen molar-refractivity contribution in [1.82, 2.24) is 9.97 Å². The van der Waals surface area contributed by atoms with E-state index in [1.165, 1.54) is 0 Å². The fourth-order valence-electron chi connectivity index (χ4n) is 2.26. The molecule has 3 N–H and O–H groups in total. The van der Waals surface area contributed by atoms with Gasteiger partial charge in [-0.2, -0.15) is 0 Å². The van der Waals surface area contributed by atoms with Crippen molar-refractivity contribution < 1.29 is 9.47 Å². The third-order valence-corrected chi connectivity index (χ3v) is 3.45. The van der Waals surface area contributed by atoms with Gasteiger partial charge in [-0.25, -0.2) is 4.98 Å². The summed E-state index contributed by atoms with van der Waals surface area (Å²) in [6, 6.07) is 5.76. The van der Waals surface area contributed by atoms with E-state index in [2.05, 4.69) is 9.97 Å². The lowest BCUT2D eigenvalue weighted by Crippen LogP contribution is -1.98. The van der Waals surface area contributed by atoms with Crippen molar-refractivity contribution in [3.8, 4) is 22.8 Å². The van der Waals surface area contributed by atoms with E-state index < -0.39 is 0 Å². The lowest BCUT2D eigenvalue weighted by molar-refractivity contribution is 0.395. The number of rotatable bonds is 8. The number of nitrogens with two attached hydrogens (primary N) is 1. The maximum absolute atomic E-state index is 5.50. The fraction of sp³-hybridized carbons (Fsp3) is 0.438. The summed E-state index contributed by atoms with van der Waals surface area (Å²) >= 11 is 0. The molecule has 5 heteroatoms. The molecule has 2 rings (SSSR count). The number of H-pyrrole nitrogens is 1. The minimum absolute atomic E-state index is 0.756. The van der Waals surface area contributed by atoms with Crippen molar-refractivity contribution in [2.75, 3.05) is 20.8 Å². The summed E-state index contributed by atoms with van der Waals surface area (Å²) < 4.78 is 10.6. The monoisotopic (exact) mass is 289 g/mol. The van der Waals surface area contributed by atoms with Crippen LogP contribution in [0.1, 0.15) is 25.1 Å². The summed E-state index contributed by atoms with van der Waals surface area (Å²) in [6.45, 7) is 0.756. The van der Waals surface area contributed by atoms with Crippen LogP contribution in [0.5, 0.6) is 11.5 Å². The van der Waals surface area contributed by atoms with Gasteiger partial charge in [0.25, 0.3) is 0 Å². The van der Waals surface area contributed by atoms with Gasteiger partial charge in [0.2, 0.25) is 0 Å². The second-order valence-corrected chi connectivity index (χ2v) is 4.91. The summed E-state index contributed by atoms with van der Waals surface area (Å²) in [5.41, 5.74) is 7.44. The first-order valence-corrected chi connectivity index (χ1v) is 7.25. The Balaban J connectivity index is 2.10. The van der Waals surface area contributed by atoms with E-state index in [4.69, 9.17) is 15.2 Å². The molecule has 114 valence electrons. The number of nitrogens with zero attached hydrogens (tertiary/aromatic N) is 1. The maximum atomic E-state index is 5.50. The van der Waals surface area contributed by atoms with Gasteiger partial charge in [-0.15, -0.1) is 0 Å². The number of benzene rings is 1. The number of ether oxygens (including phenoxy) is 2. The largest absolute Gasteiger partial charge is 0.497 e. The SMILES string of the molecule is COc1ccc(-c2cnc(CCCCCN)[nH]2)c(OC)c1. The van der Waals surface area contributed by atoms with Crippen molar-refractivity contribution in [3.63, 3.8) is 0 Å². The molecule has 0 fully saturated rings. The maximum Gasteiger partial charge on any atom is 0.131 e. The van der Waals surface area contributed by atoms with Gasteiger partial charge in [-0.1, -0.05) is 6.42 Å². The van der Waals surface area contributed by atoms with Crippen LogP contribution in [0, 0.1) is 0 Å². The molecule has 1 aromatic heterocycles. The molecule has 0 aliphatic rings. The van der Waals surface area contributed by atoms with Gasteiger partial charge in [0.1, 0.15) is 17.3 Å². The zero-order valence-electron chi connectivity index (χ0n) is 12.7. The van der Waals surface area contributed by atoms with Gasteiger partial charge in [0, 0.05) is 18.1 Å². The molecule has 0 saturated carbocycles. The van der Waals surface area contributed by atoms with Crippen LogP contribution in [-0.2, 0) is 6.42 Å². The highest BCUT2D eigenvalue weighted by Gasteiger charge is 2.10. The number of hydrogen-bond donors (Lipinski definition) is 2. The Morgan fingerprint density at radius 3 is 2.71 bits per heavy atom. The van der Waals surface area contributed by atoms with Crippen LogP contribution in [0.4, 0.5) is 0 Å². The van der Waals surface area contributed by atoms with E-state index in [1.54, 1.807) is 14.2 Å². The molecule has 0 aliphatic carbocycles. The smallest absolute Gasteiger partial charge is 0.131 e. The zero-order valence-corrected chi connectivity index (χ0v) is 12.7. The molecule has 1 heterocycles. The number of hydrogen-bond acceptors (Lipinski definition) is 4. The number of aromatic amines is 1. The lowest BCUT2D eigenvalue weighted by atomic mass is 10.1. The average molecular weight is 289 g/mol. The molecule has 0 aliphatic heterocycles. The molecule has 21 heavy (non-hydrogen) atoms. The topological polar surface area (TPSA) is 73.2 Å². The first-order valence-electron chi connectivity index (χ1n) is 7.25. The van der Waals surface area contributed by atoms with E-state index in [0.29, 0.717) is 0 Å². The molecular formula is C16H23N3O2. The van der Waals surface area contributed by atoms with Crippen LogP contribution in [0.25, 0.3) is 11.3 Å². The quantitative estimate of drug-likeness (QED) is 0.733. The molecule has 0 radical (unpaired) electrons. The molecule has 0 atom stereocenters. The van der Waals surface area contributed by atoms with Gasteiger partial charge in [-0.3, -0.25) is 0 Å². The third kappa shape index (κ3) is 3.98. The van der Waals surface area contributed by atoms with Crippen molar-refractivity contribution in [1.29, 1.82) is 0 Å². The van der Waals surface area contributed by atoms with E-state index in [1.807, 2.05) is 24.4 Å². The standard InChI is InChI=1S/C16H23N3O2/c1-20-12-7-8-13(15(10-12)21-2)14-11-18-16(19-14)6-4-3-5-9-17/h7-8,10-11H,3-6,9,17H2,1-2H3,(H,18,19). The van der Waals surface area contributed by atoms with Crippen LogP contribution in [0.3, 0.4) is 0 Å². The molecule has 0 spiro atoms. The average Bonchev–Trinajstić information content (AvgIpc) is 2.99. The molecule has 0 saturated heterocycles. The molecule has 2 aromatic rings. The summed E-state index contributed by atoms with van der Waals surface area (Å²) in [4.78, 5) is 7.79. The van der Waals surface area contributed by atoms with Gasteiger partial charge in [0.15, 0.2) is 0 Å². The van der Waals surface area contributed by atoms with E-state index >= 15 is 0 Å². The Morgan fingerprint density at radius 2 is 2.00 bits per heavy atom. The minimum Gasteiger partial charge on any atom is -0.497 e. The van der Waals surface area contributed by atoms with Gasteiger partial charge >= 0.3 is 0 Å². The number of methoxy groups -OCH3 is 2. The molecule has 0 unspecified atom stereocenters. The fourth-order valence-corrected chi connectivity index (χ4v) is 2.26. The summed E-state index contributed by atoms with van der Waals surface area (Å²) in [5.74, 6) is 2.55. The van der Waals surface area contributed by atoms with Crippen LogP contribution in [-0.4, -0.2) is 30.7 Å².